The lowest BCUT2D eigenvalue weighted by atomic mass is 10.3. The van der Waals surface area contributed by atoms with Gasteiger partial charge < -0.3 is 5.32 Å². The minimum Gasteiger partial charge on any atom is -0.382 e. The summed E-state index contributed by atoms with van der Waals surface area (Å²) < 4.78 is 44.7. The molecule has 1 rings (SSSR count). The number of anilines is 1. The first-order valence-corrected chi connectivity index (χ1v) is 9.27. The van der Waals surface area contributed by atoms with Crippen molar-refractivity contribution in [2.45, 2.75) is 17.9 Å². The second-order valence-electron chi connectivity index (χ2n) is 4.43. The van der Waals surface area contributed by atoms with Gasteiger partial charge >= 0.3 is 0 Å². The molecule has 0 amide bonds. The van der Waals surface area contributed by atoms with Crippen LogP contribution in [-0.2, 0) is 19.7 Å². The normalized spacial score (nSPS) is 14.2. The molecule has 1 N–H and O–H groups in total. The Morgan fingerprint density at radius 2 is 1.56 bits per heavy atom. The van der Waals surface area contributed by atoms with Crippen LogP contribution in [0.5, 0.6) is 0 Å². The number of rotatable bonds is 5. The zero-order valence-electron chi connectivity index (χ0n) is 10.5. The van der Waals surface area contributed by atoms with Crippen molar-refractivity contribution in [3.05, 3.63) is 24.3 Å². The first kappa shape index (κ1) is 15.0. The van der Waals surface area contributed by atoms with Crippen LogP contribution in [0, 0.1) is 0 Å². The van der Waals surface area contributed by atoms with E-state index < -0.39 is 19.7 Å². The summed E-state index contributed by atoms with van der Waals surface area (Å²) in [6.07, 6.45) is 2.32. The quantitative estimate of drug-likeness (QED) is 0.873. The molecule has 1 unspecified atom stereocenters. The topological polar surface area (TPSA) is 80.3 Å². The molecule has 5 nitrogen and oxygen atoms in total. The summed E-state index contributed by atoms with van der Waals surface area (Å²) in [7, 11) is -6.23. The zero-order chi connectivity index (χ0) is 14.0. The summed E-state index contributed by atoms with van der Waals surface area (Å²) >= 11 is 0. The fraction of sp³-hybridized carbons (Fsp3) is 0.455. The van der Waals surface area contributed by atoms with Gasteiger partial charge in [-0.15, -0.1) is 0 Å². The van der Waals surface area contributed by atoms with Crippen LogP contribution in [0.1, 0.15) is 6.92 Å². The minimum absolute atomic E-state index is 0.0286. The van der Waals surface area contributed by atoms with E-state index in [4.69, 9.17) is 0 Å². The second-order valence-corrected chi connectivity index (χ2v) is 8.63. The SMILES string of the molecule is CC(CS(C)(=O)=O)Nc1ccc(S(C)(=O)=O)cc1. The Balaban J connectivity index is 2.76. The molecule has 0 fully saturated rings. The van der Waals surface area contributed by atoms with E-state index >= 15 is 0 Å². The fourth-order valence-corrected chi connectivity index (χ4v) is 3.20. The molecule has 0 aliphatic carbocycles. The predicted octanol–water partition coefficient (Wildman–Crippen LogP) is 0.935. The van der Waals surface area contributed by atoms with Gasteiger partial charge in [-0.3, -0.25) is 0 Å². The van der Waals surface area contributed by atoms with Crippen molar-refractivity contribution in [1.29, 1.82) is 0 Å². The van der Waals surface area contributed by atoms with E-state index in [0.717, 1.165) is 6.26 Å². The smallest absolute Gasteiger partial charge is 0.175 e. The monoisotopic (exact) mass is 291 g/mol. The Labute approximate surface area is 108 Å². The summed E-state index contributed by atoms with van der Waals surface area (Å²) in [5.74, 6) is 0.0286. The Morgan fingerprint density at radius 3 is 1.94 bits per heavy atom. The molecule has 0 aliphatic rings. The van der Waals surface area contributed by atoms with Crippen LogP contribution in [0.15, 0.2) is 29.2 Å². The molecule has 0 radical (unpaired) electrons. The van der Waals surface area contributed by atoms with Crippen molar-refractivity contribution in [3.8, 4) is 0 Å². The van der Waals surface area contributed by atoms with Crippen LogP contribution in [-0.4, -0.2) is 41.1 Å². The van der Waals surface area contributed by atoms with Crippen LogP contribution in [0.3, 0.4) is 0 Å². The lowest BCUT2D eigenvalue weighted by Gasteiger charge is -2.14. The Kier molecular flexibility index (Phi) is 4.39. The highest BCUT2D eigenvalue weighted by atomic mass is 32.2. The van der Waals surface area contributed by atoms with E-state index in [9.17, 15) is 16.8 Å². The van der Waals surface area contributed by atoms with Crippen molar-refractivity contribution >= 4 is 25.4 Å². The third-order valence-electron chi connectivity index (χ3n) is 2.25. The standard InChI is InChI=1S/C11H17NO4S2/c1-9(8-17(2,13)14)12-10-4-6-11(7-5-10)18(3,15)16/h4-7,9,12H,8H2,1-3H3. The van der Waals surface area contributed by atoms with Crippen LogP contribution >= 0.6 is 0 Å². The molecule has 1 atom stereocenters. The van der Waals surface area contributed by atoms with Gasteiger partial charge in [0.2, 0.25) is 0 Å². The average molecular weight is 291 g/mol. The highest BCUT2D eigenvalue weighted by molar-refractivity contribution is 7.91. The summed E-state index contributed by atoms with van der Waals surface area (Å²) in [6.45, 7) is 1.76. The van der Waals surface area contributed by atoms with Crippen LogP contribution < -0.4 is 5.32 Å². The Morgan fingerprint density at radius 1 is 1.06 bits per heavy atom. The minimum atomic E-state index is -3.20. The van der Waals surface area contributed by atoms with E-state index in [1.54, 1.807) is 19.1 Å². The number of hydrogen-bond donors (Lipinski definition) is 1. The second kappa shape index (κ2) is 5.27. The van der Waals surface area contributed by atoms with Crippen molar-refractivity contribution in [1.82, 2.24) is 0 Å². The van der Waals surface area contributed by atoms with Gasteiger partial charge in [0, 0.05) is 24.2 Å². The van der Waals surface area contributed by atoms with Gasteiger partial charge in [0.25, 0.3) is 0 Å². The lowest BCUT2D eigenvalue weighted by molar-refractivity contribution is 0.597. The summed E-state index contributed by atoms with van der Waals surface area (Å²) in [4.78, 5) is 0.240. The molecular formula is C11H17NO4S2. The van der Waals surface area contributed by atoms with E-state index in [1.165, 1.54) is 18.4 Å². The van der Waals surface area contributed by atoms with E-state index in [2.05, 4.69) is 5.32 Å². The Bertz CT molecular complexity index is 603. The van der Waals surface area contributed by atoms with E-state index in [0.29, 0.717) is 5.69 Å². The van der Waals surface area contributed by atoms with Gasteiger partial charge in [-0.1, -0.05) is 0 Å². The largest absolute Gasteiger partial charge is 0.382 e. The molecule has 18 heavy (non-hydrogen) atoms. The molecule has 0 saturated heterocycles. The molecule has 0 bridgehead atoms. The molecule has 0 heterocycles. The van der Waals surface area contributed by atoms with Crippen molar-refractivity contribution in [3.63, 3.8) is 0 Å². The van der Waals surface area contributed by atoms with Crippen molar-refractivity contribution in [2.75, 3.05) is 23.6 Å². The van der Waals surface area contributed by atoms with Gasteiger partial charge in [0.15, 0.2) is 9.84 Å². The molecule has 0 spiro atoms. The first-order chi connectivity index (χ1) is 8.08. The maximum absolute atomic E-state index is 11.3. The van der Waals surface area contributed by atoms with Gasteiger partial charge in [-0.2, -0.15) is 0 Å². The van der Waals surface area contributed by atoms with Crippen molar-refractivity contribution < 1.29 is 16.8 Å². The summed E-state index contributed by atoms with van der Waals surface area (Å²) in [5, 5.41) is 3.00. The zero-order valence-corrected chi connectivity index (χ0v) is 12.2. The summed E-state index contributed by atoms with van der Waals surface area (Å²) in [6, 6.07) is 5.99. The number of hydrogen-bond acceptors (Lipinski definition) is 5. The molecule has 0 aliphatic heterocycles. The van der Waals surface area contributed by atoms with Crippen LogP contribution in [0.4, 0.5) is 5.69 Å². The fourth-order valence-electron chi connectivity index (χ4n) is 1.58. The van der Waals surface area contributed by atoms with Gasteiger partial charge in [0.1, 0.15) is 9.84 Å². The highest BCUT2D eigenvalue weighted by Gasteiger charge is 2.11. The first-order valence-electron chi connectivity index (χ1n) is 5.32. The van der Waals surface area contributed by atoms with Gasteiger partial charge in [-0.25, -0.2) is 16.8 Å². The van der Waals surface area contributed by atoms with Crippen LogP contribution in [0.2, 0.25) is 0 Å². The molecule has 1 aromatic rings. The van der Waals surface area contributed by atoms with Crippen LogP contribution in [0.25, 0.3) is 0 Å². The molecular weight excluding hydrogens is 274 g/mol. The average Bonchev–Trinajstić information content (AvgIpc) is 2.13. The maximum Gasteiger partial charge on any atom is 0.175 e. The molecule has 1 aromatic carbocycles. The number of nitrogens with one attached hydrogen (secondary N) is 1. The maximum atomic E-state index is 11.3. The Hall–Kier alpha value is -1.08. The third kappa shape index (κ3) is 5.05. The van der Waals surface area contributed by atoms with Crippen molar-refractivity contribution in [2.24, 2.45) is 0 Å². The highest BCUT2D eigenvalue weighted by Crippen LogP contribution is 2.14. The molecule has 7 heteroatoms. The molecule has 102 valence electrons. The molecule has 0 saturated carbocycles. The van der Waals surface area contributed by atoms with Gasteiger partial charge in [0.05, 0.1) is 10.6 Å². The van der Waals surface area contributed by atoms with Gasteiger partial charge in [-0.05, 0) is 31.2 Å². The number of benzene rings is 1. The van der Waals surface area contributed by atoms with E-state index in [-0.39, 0.29) is 16.7 Å². The van der Waals surface area contributed by atoms with E-state index in [1.807, 2.05) is 0 Å². The third-order valence-corrected chi connectivity index (χ3v) is 4.48. The predicted molar refractivity (Wildman–Crippen MR) is 72.3 cm³/mol. The summed E-state index contributed by atoms with van der Waals surface area (Å²) in [5.41, 5.74) is 0.693. The molecule has 0 aromatic heterocycles. The lowest BCUT2D eigenvalue weighted by Crippen LogP contribution is -2.24. The number of sulfone groups is 2.